The number of hydrogen-bond donors (Lipinski definition) is 1. The fourth-order valence-corrected chi connectivity index (χ4v) is 2.63. The fraction of sp³-hybridized carbons (Fsp3) is 0.571. The smallest absolute Gasteiger partial charge is 0.273 e. The van der Waals surface area contributed by atoms with Gasteiger partial charge in [0.2, 0.25) is 0 Å². The summed E-state index contributed by atoms with van der Waals surface area (Å²) in [6.07, 6.45) is 1.68. The molecule has 0 unspecified atom stereocenters. The van der Waals surface area contributed by atoms with Crippen molar-refractivity contribution < 1.29 is 9.32 Å². The van der Waals surface area contributed by atoms with E-state index in [1.807, 2.05) is 0 Å². The average molecular weight is 289 g/mol. The van der Waals surface area contributed by atoms with Crippen LogP contribution in [0.3, 0.4) is 0 Å². The monoisotopic (exact) mass is 289 g/mol. The molecule has 3 rings (SSSR count). The van der Waals surface area contributed by atoms with Crippen LogP contribution in [0.5, 0.6) is 0 Å². The summed E-state index contributed by atoms with van der Waals surface area (Å²) < 4.78 is 7.05. The number of aryl methyl sites for hydroxylation is 2. The lowest BCUT2D eigenvalue weighted by Gasteiger charge is -2.25. The molecule has 1 amide bonds. The van der Waals surface area contributed by atoms with Gasteiger partial charge in [-0.25, -0.2) is 0 Å². The first kappa shape index (κ1) is 13.8. The van der Waals surface area contributed by atoms with Crippen LogP contribution in [0, 0.1) is 6.92 Å². The van der Waals surface area contributed by atoms with Crippen molar-refractivity contribution in [3.8, 4) is 0 Å². The van der Waals surface area contributed by atoms with Gasteiger partial charge < -0.3 is 14.4 Å². The molecule has 7 nitrogen and oxygen atoms in total. The maximum atomic E-state index is 12.1. The number of fused-ring (bicyclic) bond motifs is 1. The highest BCUT2D eigenvalue weighted by Gasteiger charge is 2.25. The number of nitrogens with zero attached hydrogens (tertiary/aromatic N) is 4. The zero-order valence-corrected chi connectivity index (χ0v) is 12.5. The first-order valence-electron chi connectivity index (χ1n) is 7.20. The second kappa shape index (κ2) is 5.31. The minimum Gasteiger partial charge on any atom is -0.361 e. The second-order valence-electron chi connectivity index (χ2n) is 5.77. The minimum atomic E-state index is -0.195. The van der Waals surface area contributed by atoms with Crippen LogP contribution in [0.4, 0.5) is 0 Å². The molecular formula is C14H19N5O2. The summed E-state index contributed by atoms with van der Waals surface area (Å²) in [5, 5.41) is 15.2. The van der Waals surface area contributed by atoms with E-state index >= 15 is 0 Å². The lowest BCUT2D eigenvalue weighted by molar-refractivity contribution is 0.0918. The number of rotatable bonds is 3. The molecule has 2 aromatic heterocycles. The number of aromatic nitrogens is 4. The molecule has 0 radical (unpaired) electrons. The molecule has 2 aromatic rings. The number of carbonyl (C=O) groups is 1. The van der Waals surface area contributed by atoms with E-state index < -0.39 is 0 Å². The van der Waals surface area contributed by atoms with E-state index in [0.29, 0.717) is 23.9 Å². The summed E-state index contributed by atoms with van der Waals surface area (Å²) in [6.45, 7) is 6.66. The highest BCUT2D eigenvalue weighted by molar-refractivity contribution is 5.92. The maximum Gasteiger partial charge on any atom is 0.273 e. The molecule has 0 fully saturated rings. The number of carbonyl (C=O) groups excluding carboxylic acids is 1. The van der Waals surface area contributed by atoms with E-state index in [1.54, 1.807) is 13.0 Å². The van der Waals surface area contributed by atoms with Gasteiger partial charge >= 0.3 is 0 Å². The number of amides is 1. The normalized spacial score (nSPS) is 17.8. The Morgan fingerprint density at radius 3 is 2.95 bits per heavy atom. The molecule has 0 aromatic carbocycles. The molecule has 3 heterocycles. The van der Waals surface area contributed by atoms with Crippen LogP contribution in [0.15, 0.2) is 10.6 Å². The predicted molar refractivity (Wildman–Crippen MR) is 74.9 cm³/mol. The van der Waals surface area contributed by atoms with Crippen LogP contribution in [0.25, 0.3) is 0 Å². The predicted octanol–water partition coefficient (Wildman–Crippen LogP) is 1.44. The lowest BCUT2D eigenvalue weighted by Crippen LogP contribution is -2.41. The first-order chi connectivity index (χ1) is 10.0. The van der Waals surface area contributed by atoms with E-state index in [9.17, 15) is 4.79 Å². The van der Waals surface area contributed by atoms with Crippen LogP contribution < -0.4 is 5.32 Å². The Labute approximate surface area is 122 Å². The maximum absolute atomic E-state index is 12.1. The van der Waals surface area contributed by atoms with Crippen LogP contribution in [0.1, 0.15) is 54.1 Å². The van der Waals surface area contributed by atoms with Gasteiger partial charge in [-0.05, 0) is 13.3 Å². The number of hydrogen-bond acceptors (Lipinski definition) is 5. The van der Waals surface area contributed by atoms with Gasteiger partial charge in [0.15, 0.2) is 5.69 Å². The van der Waals surface area contributed by atoms with Crippen molar-refractivity contribution in [3.05, 3.63) is 29.2 Å². The molecule has 21 heavy (non-hydrogen) atoms. The molecule has 1 atom stereocenters. The topological polar surface area (TPSA) is 85.8 Å². The molecule has 1 N–H and O–H groups in total. The van der Waals surface area contributed by atoms with E-state index in [1.165, 1.54) is 0 Å². The zero-order valence-electron chi connectivity index (χ0n) is 12.5. The van der Waals surface area contributed by atoms with Gasteiger partial charge in [-0.15, -0.1) is 10.2 Å². The molecule has 1 aliphatic rings. The summed E-state index contributed by atoms with van der Waals surface area (Å²) >= 11 is 0. The summed E-state index contributed by atoms with van der Waals surface area (Å²) in [6, 6.07) is 1.71. The highest BCUT2D eigenvalue weighted by Crippen LogP contribution is 2.20. The fourth-order valence-electron chi connectivity index (χ4n) is 2.63. The van der Waals surface area contributed by atoms with Crippen molar-refractivity contribution in [1.82, 2.24) is 25.2 Å². The summed E-state index contributed by atoms with van der Waals surface area (Å²) in [4.78, 5) is 12.1. The van der Waals surface area contributed by atoms with E-state index in [-0.39, 0.29) is 11.9 Å². The van der Waals surface area contributed by atoms with Crippen LogP contribution >= 0.6 is 0 Å². The molecule has 1 aliphatic heterocycles. The molecule has 0 bridgehead atoms. The standard InChI is InChI=1S/C14H19N5O2/c1-8(2)13-17-16-12-5-4-10(7-19(12)13)15-14(20)11-6-9(3)21-18-11/h6,8,10H,4-5,7H2,1-3H3,(H,15,20)/t10-/m0/s1. The highest BCUT2D eigenvalue weighted by atomic mass is 16.5. The Kier molecular flexibility index (Phi) is 3.48. The molecule has 0 aliphatic carbocycles. The minimum absolute atomic E-state index is 0.0653. The molecule has 0 saturated carbocycles. The summed E-state index contributed by atoms with van der Waals surface area (Å²) in [5.41, 5.74) is 0.325. The van der Waals surface area contributed by atoms with Gasteiger partial charge in [0.25, 0.3) is 5.91 Å². The molecular weight excluding hydrogens is 270 g/mol. The summed E-state index contributed by atoms with van der Waals surface area (Å²) in [5.74, 6) is 2.73. The van der Waals surface area contributed by atoms with Crippen molar-refractivity contribution in [2.24, 2.45) is 0 Å². The Bertz CT molecular complexity index is 658. The van der Waals surface area contributed by atoms with Gasteiger partial charge in [0.1, 0.15) is 17.4 Å². The third-order valence-electron chi connectivity index (χ3n) is 3.69. The summed E-state index contributed by atoms with van der Waals surface area (Å²) in [7, 11) is 0. The molecule has 7 heteroatoms. The van der Waals surface area contributed by atoms with E-state index in [2.05, 4.69) is 39.1 Å². The van der Waals surface area contributed by atoms with Gasteiger partial charge in [-0.3, -0.25) is 4.79 Å². The van der Waals surface area contributed by atoms with Crippen LogP contribution in [-0.2, 0) is 13.0 Å². The van der Waals surface area contributed by atoms with E-state index in [0.717, 1.165) is 24.5 Å². The molecule has 112 valence electrons. The van der Waals surface area contributed by atoms with Crippen LogP contribution in [-0.4, -0.2) is 31.9 Å². The quantitative estimate of drug-likeness (QED) is 0.924. The van der Waals surface area contributed by atoms with Gasteiger partial charge in [-0.1, -0.05) is 19.0 Å². The first-order valence-corrected chi connectivity index (χ1v) is 7.20. The van der Waals surface area contributed by atoms with Gasteiger partial charge in [0, 0.05) is 31.0 Å². The van der Waals surface area contributed by atoms with Gasteiger partial charge in [-0.2, -0.15) is 0 Å². The van der Waals surface area contributed by atoms with Crippen molar-refractivity contribution in [1.29, 1.82) is 0 Å². The Morgan fingerprint density at radius 2 is 2.29 bits per heavy atom. The Morgan fingerprint density at radius 1 is 1.48 bits per heavy atom. The zero-order chi connectivity index (χ0) is 15.0. The van der Waals surface area contributed by atoms with Crippen LogP contribution in [0.2, 0.25) is 0 Å². The largest absolute Gasteiger partial charge is 0.361 e. The third-order valence-corrected chi connectivity index (χ3v) is 3.69. The van der Waals surface area contributed by atoms with Gasteiger partial charge in [0.05, 0.1) is 0 Å². The second-order valence-corrected chi connectivity index (χ2v) is 5.77. The van der Waals surface area contributed by atoms with E-state index in [4.69, 9.17) is 4.52 Å². The molecule has 0 saturated heterocycles. The van der Waals surface area contributed by atoms with Crippen molar-refractivity contribution >= 4 is 5.91 Å². The lowest BCUT2D eigenvalue weighted by atomic mass is 10.1. The van der Waals surface area contributed by atoms with Crippen molar-refractivity contribution in [2.45, 2.75) is 52.1 Å². The SMILES string of the molecule is Cc1cc(C(=O)N[C@H]2CCc3nnc(C(C)C)n3C2)no1. The number of nitrogens with one attached hydrogen (secondary N) is 1. The average Bonchev–Trinajstić information content (AvgIpc) is 3.04. The Balaban J connectivity index is 1.71. The molecule has 0 spiro atoms. The third kappa shape index (κ3) is 2.68. The Hall–Kier alpha value is -2.18. The van der Waals surface area contributed by atoms with Crippen molar-refractivity contribution in [3.63, 3.8) is 0 Å². The van der Waals surface area contributed by atoms with Crippen molar-refractivity contribution in [2.75, 3.05) is 0 Å².